The number of benzene rings is 2. The van der Waals surface area contributed by atoms with Gasteiger partial charge in [0, 0.05) is 42.8 Å². The van der Waals surface area contributed by atoms with E-state index in [9.17, 15) is 14.0 Å². The molecule has 9 heteroatoms. The molecule has 33 heavy (non-hydrogen) atoms. The Morgan fingerprint density at radius 2 is 2.03 bits per heavy atom. The molecular weight excluding hydrogens is 425 g/mol. The summed E-state index contributed by atoms with van der Waals surface area (Å²) < 4.78 is 20.5. The molecule has 8 nitrogen and oxygen atoms in total. The highest BCUT2D eigenvalue weighted by Crippen LogP contribution is 2.31. The zero-order valence-corrected chi connectivity index (χ0v) is 18.1. The second-order valence-corrected chi connectivity index (χ2v) is 8.06. The van der Waals surface area contributed by atoms with Crippen LogP contribution in [0.3, 0.4) is 0 Å². The Morgan fingerprint density at radius 3 is 2.85 bits per heavy atom. The molecule has 0 aliphatic carbocycles. The van der Waals surface area contributed by atoms with E-state index < -0.39 is 5.92 Å². The number of halogens is 1. The third kappa shape index (κ3) is 3.82. The van der Waals surface area contributed by atoms with Crippen molar-refractivity contribution in [2.24, 2.45) is 7.05 Å². The van der Waals surface area contributed by atoms with Crippen molar-refractivity contribution >= 4 is 28.4 Å². The summed E-state index contributed by atoms with van der Waals surface area (Å²) in [7, 11) is 3.32. The molecule has 0 saturated carbocycles. The van der Waals surface area contributed by atoms with Gasteiger partial charge in [-0.25, -0.2) is 4.39 Å². The van der Waals surface area contributed by atoms with Crippen molar-refractivity contribution in [2.75, 3.05) is 19.0 Å². The fraction of sp³-hybridized carbons (Fsp3) is 0.208. The predicted octanol–water partition coefficient (Wildman–Crippen LogP) is 3.43. The lowest BCUT2D eigenvalue weighted by molar-refractivity contribution is -0.118. The number of para-hydroxylation sites is 2. The fourth-order valence-corrected chi connectivity index (χ4v) is 4.26. The number of H-pyrrole nitrogens is 1. The van der Waals surface area contributed by atoms with Crippen molar-refractivity contribution in [1.29, 1.82) is 0 Å². The van der Waals surface area contributed by atoms with Crippen molar-refractivity contribution in [3.63, 3.8) is 0 Å². The smallest absolute Gasteiger partial charge is 0.270 e. The van der Waals surface area contributed by atoms with Gasteiger partial charge in [0.05, 0.1) is 18.5 Å². The molecule has 1 unspecified atom stereocenters. The van der Waals surface area contributed by atoms with Crippen LogP contribution in [0.5, 0.6) is 5.75 Å². The molecule has 0 fully saturated rings. The molecule has 2 N–H and O–H groups in total. The molecule has 1 aliphatic heterocycles. The number of amides is 2. The number of ether oxygens (including phenoxy) is 1. The number of aromatic nitrogens is 3. The molecule has 0 spiro atoms. The van der Waals surface area contributed by atoms with Crippen LogP contribution < -0.4 is 10.1 Å². The van der Waals surface area contributed by atoms with E-state index in [0.717, 1.165) is 10.9 Å². The van der Waals surface area contributed by atoms with Crippen LogP contribution in [-0.2, 0) is 18.4 Å². The van der Waals surface area contributed by atoms with Gasteiger partial charge < -0.3 is 19.9 Å². The van der Waals surface area contributed by atoms with Gasteiger partial charge in [-0.3, -0.25) is 14.3 Å². The molecule has 1 atom stereocenters. The van der Waals surface area contributed by atoms with Gasteiger partial charge in [-0.15, -0.1) is 0 Å². The summed E-state index contributed by atoms with van der Waals surface area (Å²) >= 11 is 0. The summed E-state index contributed by atoms with van der Waals surface area (Å²) in [5.41, 5.74) is 2.88. The Kier molecular flexibility index (Phi) is 5.08. The van der Waals surface area contributed by atoms with Crippen LogP contribution in [-0.4, -0.2) is 45.1 Å². The number of anilines is 1. The molecule has 0 radical (unpaired) electrons. The Bertz CT molecular complexity index is 1380. The molecule has 4 aromatic rings. The van der Waals surface area contributed by atoms with Gasteiger partial charge >= 0.3 is 0 Å². The number of methoxy groups -OCH3 is 1. The number of hydrogen-bond acceptors (Lipinski definition) is 4. The number of aryl methyl sites for hydroxylation is 1. The standard InChI is InChI=1S/C24H22FN5O3/c1-29-11-15-12-30(24(32)20-9-14-7-8-16(25)10-19(14)26-20)13-17(22(15)28-29)23(31)27-18-5-3-4-6-21(18)33-2/h3-11,17,26H,12-13H2,1-2H3,(H,27,31). The zero-order valence-electron chi connectivity index (χ0n) is 18.1. The van der Waals surface area contributed by atoms with E-state index in [1.54, 1.807) is 47.0 Å². The summed E-state index contributed by atoms with van der Waals surface area (Å²) in [5.74, 6) is -1.05. The summed E-state index contributed by atoms with van der Waals surface area (Å²) in [6.07, 6.45) is 1.82. The van der Waals surface area contributed by atoms with Crippen LogP contribution in [0.25, 0.3) is 10.9 Å². The first-order chi connectivity index (χ1) is 15.9. The number of nitrogens with zero attached hydrogens (tertiary/aromatic N) is 3. The van der Waals surface area contributed by atoms with Crippen LogP contribution in [0.1, 0.15) is 27.7 Å². The van der Waals surface area contributed by atoms with Crippen LogP contribution in [0.15, 0.2) is 54.7 Å². The summed E-state index contributed by atoms with van der Waals surface area (Å²) in [5, 5.41) is 8.13. The maximum Gasteiger partial charge on any atom is 0.270 e. The summed E-state index contributed by atoms with van der Waals surface area (Å²) in [6, 6.07) is 13.2. The van der Waals surface area contributed by atoms with Crippen molar-refractivity contribution in [1.82, 2.24) is 19.7 Å². The minimum atomic E-state index is -0.661. The highest BCUT2D eigenvalue weighted by atomic mass is 19.1. The first-order valence-corrected chi connectivity index (χ1v) is 10.5. The number of nitrogens with one attached hydrogen (secondary N) is 2. The van der Waals surface area contributed by atoms with Gasteiger partial charge in [0.15, 0.2) is 0 Å². The zero-order chi connectivity index (χ0) is 23.1. The average molecular weight is 447 g/mol. The Balaban J connectivity index is 1.44. The second kappa shape index (κ2) is 8.09. The third-order valence-electron chi connectivity index (χ3n) is 5.81. The lowest BCUT2D eigenvalue weighted by Gasteiger charge is -2.31. The Morgan fingerprint density at radius 1 is 1.21 bits per heavy atom. The topological polar surface area (TPSA) is 92.3 Å². The number of carbonyl (C=O) groups is 2. The van der Waals surface area contributed by atoms with Gasteiger partial charge in [0.2, 0.25) is 5.91 Å². The SMILES string of the molecule is COc1ccccc1NC(=O)C1CN(C(=O)c2cc3ccc(F)cc3[nH]2)Cc2cn(C)nc21. The molecule has 2 amide bonds. The minimum absolute atomic E-state index is 0.160. The minimum Gasteiger partial charge on any atom is -0.495 e. The van der Waals surface area contributed by atoms with E-state index in [0.29, 0.717) is 34.9 Å². The van der Waals surface area contributed by atoms with Crippen LogP contribution in [0.4, 0.5) is 10.1 Å². The average Bonchev–Trinajstić information content (AvgIpc) is 3.40. The van der Waals surface area contributed by atoms with Gasteiger partial charge in [-0.2, -0.15) is 5.10 Å². The van der Waals surface area contributed by atoms with Crippen molar-refractivity contribution in [2.45, 2.75) is 12.5 Å². The van der Waals surface area contributed by atoms with E-state index in [2.05, 4.69) is 15.4 Å². The Hall–Kier alpha value is -4.14. The lowest BCUT2D eigenvalue weighted by atomic mass is 9.95. The summed E-state index contributed by atoms with van der Waals surface area (Å²) in [4.78, 5) is 31.2. The predicted molar refractivity (Wildman–Crippen MR) is 121 cm³/mol. The molecule has 0 bridgehead atoms. The molecule has 5 rings (SSSR count). The number of carbonyl (C=O) groups excluding carboxylic acids is 2. The number of rotatable bonds is 4. The summed E-state index contributed by atoms with van der Waals surface area (Å²) in [6.45, 7) is 0.484. The van der Waals surface area contributed by atoms with E-state index in [4.69, 9.17) is 4.74 Å². The van der Waals surface area contributed by atoms with Gasteiger partial charge in [0.25, 0.3) is 5.91 Å². The van der Waals surface area contributed by atoms with Crippen LogP contribution >= 0.6 is 0 Å². The maximum atomic E-state index is 13.6. The van der Waals surface area contributed by atoms with E-state index in [1.807, 2.05) is 12.3 Å². The molecule has 3 heterocycles. The number of fused-ring (bicyclic) bond motifs is 2. The quantitative estimate of drug-likeness (QED) is 0.501. The monoisotopic (exact) mass is 447 g/mol. The molecule has 168 valence electrons. The van der Waals surface area contributed by atoms with E-state index in [-0.39, 0.29) is 24.2 Å². The number of hydrogen-bond donors (Lipinski definition) is 2. The highest BCUT2D eigenvalue weighted by molar-refractivity contribution is 6.00. The maximum absolute atomic E-state index is 13.6. The van der Waals surface area contributed by atoms with Gasteiger partial charge in [0.1, 0.15) is 23.2 Å². The van der Waals surface area contributed by atoms with E-state index in [1.165, 1.54) is 19.2 Å². The van der Waals surface area contributed by atoms with Gasteiger partial charge in [-0.05, 0) is 36.4 Å². The third-order valence-corrected chi connectivity index (χ3v) is 5.81. The first-order valence-electron chi connectivity index (χ1n) is 10.5. The normalized spacial score (nSPS) is 15.4. The van der Waals surface area contributed by atoms with Crippen molar-refractivity contribution < 1.29 is 18.7 Å². The molecule has 2 aromatic carbocycles. The highest BCUT2D eigenvalue weighted by Gasteiger charge is 2.36. The van der Waals surface area contributed by atoms with Crippen LogP contribution in [0.2, 0.25) is 0 Å². The van der Waals surface area contributed by atoms with Gasteiger partial charge in [-0.1, -0.05) is 12.1 Å². The molecule has 0 saturated heterocycles. The van der Waals surface area contributed by atoms with Crippen molar-refractivity contribution in [3.05, 3.63) is 77.5 Å². The lowest BCUT2D eigenvalue weighted by Crippen LogP contribution is -2.42. The fourth-order valence-electron chi connectivity index (χ4n) is 4.26. The van der Waals surface area contributed by atoms with Crippen LogP contribution in [0, 0.1) is 5.82 Å². The first kappa shape index (κ1) is 20.7. The second-order valence-electron chi connectivity index (χ2n) is 8.06. The molecular formula is C24H22FN5O3. The molecule has 2 aromatic heterocycles. The largest absolute Gasteiger partial charge is 0.495 e. The van der Waals surface area contributed by atoms with E-state index >= 15 is 0 Å². The molecule has 1 aliphatic rings. The number of aromatic amines is 1. The Labute approximate surface area is 189 Å². The van der Waals surface area contributed by atoms with Crippen molar-refractivity contribution in [3.8, 4) is 5.75 Å².